The molecule has 3 N–H and O–H groups in total. The first-order valence-electron chi connectivity index (χ1n) is 7.12. The molecule has 2 aromatic carbocycles. The van der Waals surface area contributed by atoms with Gasteiger partial charge < -0.3 is 5.32 Å². The number of nitrogens with one attached hydrogen (secondary N) is 1. The van der Waals surface area contributed by atoms with Crippen molar-refractivity contribution in [1.82, 2.24) is 5.32 Å². The van der Waals surface area contributed by atoms with Crippen molar-refractivity contribution in [3.63, 3.8) is 0 Å². The zero-order valence-electron chi connectivity index (χ0n) is 12.9. The zero-order chi connectivity index (χ0) is 17.7. The van der Waals surface area contributed by atoms with Crippen LogP contribution in [0.25, 0.3) is 6.08 Å². The lowest BCUT2D eigenvalue weighted by Crippen LogP contribution is -2.24. The fourth-order valence-corrected chi connectivity index (χ4v) is 3.01. The molecule has 0 aromatic heterocycles. The molecular formula is C17H17BrN2O3S. The van der Waals surface area contributed by atoms with E-state index >= 15 is 0 Å². The number of carbonyl (C=O) groups excluding carboxylic acids is 1. The van der Waals surface area contributed by atoms with Gasteiger partial charge in [0.25, 0.3) is 0 Å². The van der Waals surface area contributed by atoms with E-state index in [2.05, 4.69) is 21.2 Å². The van der Waals surface area contributed by atoms with Gasteiger partial charge in [0.2, 0.25) is 15.9 Å². The molecule has 0 aliphatic rings. The molecule has 24 heavy (non-hydrogen) atoms. The van der Waals surface area contributed by atoms with E-state index in [1.165, 1.54) is 18.2 Å². The summed E-state index contributed by atoms with van der Waals surface area (Å²) in [6.45, 7) is 1.82. The predicted molar refractivity (Wildman–Crippen MR) is 97.5 cm³/mol. The number of sulfonamides is 1. The normalized spacial score (nSPS) is 13.0. The number of nitrogens with two attached hydrogens (primary N) is 1. The smallest absolute Gasteiger partial charge is 0.244 e. The first-order valence-corrected chi connectivity index (χ1v) is 9.46. The average Bonchev–Trinajstić information content (AvgIpc) is 2.52. The van der Waals surface area contributed by atoms with Crippen LogP contribution in [0.3, 0.4) is 0 Å². The summed E-state index contributed by atoms with van der Waals surface area (Å²) in [5, 5.41) is 7.88. The van der Waals surface area contributed by atoms with Crippen molar-refractivity contribution >= 4 is 37.9 Å². The van der Waals surface area contributed by atoms with Crippen LogP contribution in [0.4, 0.5) is 0 Å². The number of benzene rings is 2. The van der Waals surface area contributed by atoms with Gasteiger partial charge in [-0.2, -0.15) is 0 Å². The van der Waals surface area contributed by atoms with Crippen LogP contribution in [0.5, 0.6) is 0 Å². The van der Waals surface area contributed by atoms with E-state index in [0.717, 1.165) is 15.6 Å². The number of hydrogen-bond acceptors (Lipinski definition) is 3. The van der Waals surface area contributed by atoms with E-state index in [0.29, 0.717) is 0 Å². The maximum atomic E-state index is 12.0. The second kappa shape index (κ2) is 7.74. The molecule has 0 aliphatic carbocycles. The van der Waals surface area contributed by atoms with Crippen LogP contribution in [0.1, 0.15) is 24.1 Å². The van der Waals surface area contributed by atoms with Crippen molar-refractivity contribution in [3.05, 3.63) is 70.2 Å². The lowest BCUT2D eigenvalue weighted by molar-refractivity contribution is -0.117. The van der Waals surface area contributed by atoms with E-state index in [1.807, 2.05) is 31.2 Å². The molecule has 0 spiro atoms. The van der Waals surface area contributed by atoms with Crippen molar-refractivity contribution < 1.29 is 13.2 Å². The zero-order valence-corrected chi connectivity index (χ0v) is 15.3. The second-order valence-electron chi connectivity index (χ2n) is 5.23. The van der Waals surface area contributed by atoms with Gasteiger partial charge in [-0.1, -0.05) is 40.2 Å². The third-order valence-corrected chi connectivity index (χ3v) is 4.77. The third-order valence-electron chi connectivity index (χ3n) is 3.34. The Hall–Kier alpha value is -1.96. The molecule has 1 amide bonds. The van der Waals surface area contributed by atoms with Gasteiger partial charge >= 0.3 is 0 Å². The number of hydrogen-bond donors (Lipinski definition) is 2. The first kappa shape index (κ1) is 18.4. The van der Waals surface area contributed by atoms with Gasteiger partial charge in [-0.05, 0) is 48.4 Å². The number of carbonyl (C=O) groups is 1. The number of primary sulfonamides is 1. The number of amides is 1. The second-order valence-corrected chi connectivity index (χ2v) is 7.71. The fraction of sp³-hybridized carbons (Fsp3) is 0.118. The van der Waals surface area contributed by atoms with Crippen LogP contribution in [-0.2, 0) is 14.8 Å². The van der Waals surface area contributed by atoms with E-state index in [4.69, 9.17) is 5.14 Å². The van der Waals surface area contributed by atoms with E-state index in [1.54, 1.807) is 18.2 Å². The monoisotopic (exact) mass is 408 g/mol. The summed E-state index contributed by atoms with van der Waals surface area (Å²) in [6, 6.07) is 13.4. The molecule has 0 radical (unpaired) electrons. The van der Waals surface area contributed by atoms with Crippen LogP contribution >= 0.6 is 15.9 Å². The Labute approximate surface area is 149 Å². The molecule has 0 heterocycles. The van der Waals surface area contributed by atoms with Crippen LogP contribution in [0.2, 0.25) is 0 Å². The van der Waals surface area contributed by atoms with Gasteiger partial charge in [-0.15, -0.1) is 0 Å². The predicted octanol–water partition coefficient (Wildman–Crippen LogP) is 2.99. The standard InChI is InChI=1S/C17H17BrN2O3S/c1-12(14-6-8-16(9-7-14)24(19,22)23)20-17(21)10-5-13-3-2-4-15(18)11-13/h2-12H,1H3,(H,20,21)(H2,19,22,23)/b10-5+. The summed E-state index contributed by atoms with van der Waals surface area (Å²) in [5.74, 6) is -0.238. The third kappa shape index (κ3) is 5.30. The molecule has 5 nitrogen and oxygen atoms in total. The van der Waals surface area contributed by atoms with Crippen LogP contribution in [-0.4, -0.2) is 14.3 Å². The summed E-state index contributed by atoms with van der Waals surface area (Å²) in [4.78, 5) is 12.0. The van der Waals surface area contributed by atoms with Gasteiger partial charge in [-0.25, -0.2) is 13.6 Å². The Bertz CT molecular complexity index is 862. The Balaban J connectivity index is 2.01. The van der Waals surface area contributed by atoms with Crippen molar-refractivity contribution in [2.24, 2.45) is 5.14 Å². The molecule has 2 rings (SSSR count). The molecule has 0 bridgehead atoms. The Kier molecular flexibility index (Phi) is 5.93. The average molecular weight is 409 g/mol. The number of halogens is 1. The van der Waals surface area contributed by atoms with E-state index in [9.17, 15) is 13.2 Å². The molecule has 0 aliphatic heterocycles. The summed E-state index contributed by atoms with van der Waals surface area (Å²) in [5.41, 5.74) is 1.69. The molecule has 126 valence electrons. The summed E-state index contributed by atoms with van der Waals surface area (Å²) in [6.07, 6.45) is 3.17. The van der Waals surface area contributed by atoms with Gasteiger partial charge in [0.05, 0.1) is 10.9 Å². The SMILES string of the molecule is CC(NC(=O)/C=C/c1cccc(Br)c1)c1ccc(S(N)(=O)=O)cc1. The number of rotatable bonds is 5. The lowest BCUT2D eigenvalue weighted by Gasteiger charge is -2.13. The van der Waals surface area contributed by atoms with Gasteiger partial charge in [-0.3, -0.25) is 4.79 Å². The summed E-state index contributed by atoms with van der Waals surface area (Å²) in [7, 11) is -3.71. The van der Waals surface area contributed by atoms with Crippen molar-refractivity contribution in [2.75, 3.05) is 0 Å². The lowest BCUT2D eigenvalue weighted by atomic mass is 10.1. The Morgan fingerprint density at radius 1 is 1.21 bits per heavy atom. The van der Waals surface area contributed by atoms with Crippen molar-refractivity contribution in [1.29, 1.82) is 0 Å². The molecule has 0 saturated heterocycles. The first-order chi connectivity index (χ1) is 11.3. The van der Waals surface area contributed by atoms with Gasteiger partial charge in [0.1, 0.15) is 0 Å². The highest BCUT2D eigenvalue weighted by molar-refractivity contribution is 9.10. The van der Waals surface area contributed by atoms with Crippen molar-refractivity contribution in [2.45, 2.75) is 17.9 Å². The van der Waals surface area contributed by atoms with Gasteiger partial charge in [0.15, 0.2) is 0 Å². The van der Waals surface area contributed by atoms with Crippen LogP contribution in [0, 0.1) is 0 Å². The van der Waals surface area contributed by atoms with Crippen molar-refractivity contribution in [3.8, 4) is 0 Å². The molecule has 0 saturated carbocycles. The summed E-state index contributed by atoms with van der Waals surface area (Å²) >= 11 is 3.37. The quantitative estimate of drug-likeness (QED) is 0.745. The maximum Gasteiger partial charge on any atom is 0.244 e. The highest BCUT2D eigenvalue weighted by Crippen LogP contribution is 2.16. The highest BCUT2D eigenvalue weighted by Gasteiger charge is 2.11. The molecular weight excluding hydrogens is 392 g/mol. The maximum absolute atomic E-state index is 12.0. The molecule has 2 aromatic rings. The van der Waals surface area contributed by atoms with Gasteiger partial charge in [0, 0.05) is 10.5 Å². The minimum Gasteiger partial charge on any atom is -0.346 e. The summed E-state index contributed by atoms with van der Waals surface area (Å²) < 4.78 is 23.4. The Morgan fingerprint density at radius 2 is 1.88 bits per heavy atom. The topological polar surface area (TPSA) is 89.3 Å². The largest absolute Gasteiger partial charge is 0.346 e. The van der Waals surface area contributed by atoms with Crippen LogP contribution in [0.15, 0.2) is 64.0 Å². The molecule has 1 unspecified atom stereocenters. The molecule has 1 atom stereocenters. The van der Waals surface area contributed by atoms with E-state index < -0.39 is 10.0 Å². The van der Waals surface area contributed by atoms with Crippen LogP contribution < -0.4 is 10.5 Å². The fourth-order valence-electron chi connectivity index (χ4n) is 2.07. The highest BCUT2D eigenvalue weighted by atomic mass is 79.9. The minimum atomic E-state index is -3.71. The van der Waals surface area contributed by atoms with E-state index in [-0.39, 0.29) is 16.8 Å². The molecule has 7 heteroatoms. The Morgan fingerprint density at radius 3 is 2.46 bits per heavy atom. The molecule has 0 fully saturated rings. The minimum absolute atomic E-state index is 0.0410.